The normalized spacial score (nSPS) is 18.1. The van der Waals surface area contributed by atoms with Crippen LogP contribution in [0.15, 0.2) is 54.1 Å². The summed E-state index contributed by atoms with van der Waals surface area (Å²) < 4.78 is 1.86. The topological polar surface area (TPSA) is 62.2 Å². The molecule has 2 N–H and O–H groups in total. The number of rotatable bonds is 3. The largest absolute Gasteiger partial charge is 0.350 e. The van der Waals surface area contributed by atoms with Crippen LogP contribution in [0.1, 0.15) is 23.2 Å². The minimum atomic E-state index is -0.193. The SMILES string of the molecule is CN1c2ccc3nc(Nc4c(Cl)cccc4Cl)n(C)c3c2C(=O)NC1C1=CCCC=C1. The Kier molecular flexibility index (Phi) is 4.91. The maximum Gasteiger partial charge on any atom is 0.257 e. The number of nitrogens with zero attached hydrogens (tertiary/aromatic N) is 3. The number of anilines is 3. The van der Waals surface area contributed by atoms with Gasteiger partial charge in [-0.3, -0.25) is 4.79 Å². The van der Waals surface area contributed by atoms with Crippen LogP contribution in [0.3, 0.4) is 0 Å². The molecule has 0 bridgehead atoms. The number of hydrogen-bond donors (Lipinski definition) is 2. The number of carbonyl (C=O) groups excluding carboxylic acids is 1. The fourth-order valence-corrected chi connectivity index (χ4v) is 4.72. The highest BCUT2D eigenvalue weighted by molar-refractivity contribution is 6.39. The van der Waals surface area contributed by atoms with Gasteiger partial charge in [0.15, 0.2) is 0 Å². The van der Waals surface area contributed by atoms with Crippen LogP contribution in [0.2, 0.25) is 10.0 Å². The first-order chi connectivity index (χ1) is 15.0. The van der Waals surface area contributed by atoms with Gasteiger partial charge >= 0.3 is 0 Å². The van der Waals surface area contributed by atoms with Gasteiger partial charge in [0.05, 0.1) is 38.0 Å². The van der Waals surface area contributed by atoms with Crippen molar-refractivity contribution in [3.8, 4) is 0 Å². The molecule has 0 spiro atoms. The molecule has 1 amide bonds. The molecule has 0 saturated carbocycles. The van der Waals surface area contributed by atoms with Crippen LogP contribution in [0.5, 0.6) is 0 Å². The van der Waals surface area contributed by atoms with E-state index in [9.17, 15) is 4.79 Å². The second kappa shape index (κ2) is 7.62. The Hall–Kier alpha value is -2.96. The number of aryl methyl sites for hydroxylation is 1. The molecular weight excluding hydrogens is 433 g/mol. The summed E-state index contributed by atoms with van der Waals surface area (Å²) in [5, 5.41) is 7.36. The smallest absolute Gasteiger partial charge is 0.257 e. The third-order valence-corrected chi connectivity index (χ3v) is 6.45. The van der Waals surface area contributed by atoms with E-state index >= 15 is 0 Å². The molecule has 2 aliphatic rings. The first-order valence-electron chi connectivity index (χ1n) is 10.1. The van der Waals surface area contributed by atoms with Crippen LogP contribution in [-0.4, -0.2) is 28.7 Å². The highest BCUT2D eigenvalue weighted by Crippen LogP contribution is 2.37. The number of allylic oxidation sites excluding steroid dienone is 2. The number of aromatic nitrogens is 2. The lowest BCUT2D eigenvalue weighted by Gasteiger charge is -2.37. The number of imidazole rings is 1. The van der Waals surface area contributed by atoms with E-state index in [1.165, 1.54) is 0 Å². The zero-order chi connectivity index (χ0) is 21.7. The molecular formula is C23H21Cl2N5O. The Balaban J connectivity index is 1.60. The predicted molar refractivity (Wildman–Crippen MR) is 127 cm³/mol. The van der Waals surface area contributed by atoms with Crippen LogP contribution in [0, 0.1) is 0 Å². The average Bonchev–Trinajstić information content (AvgIpc) is 3.09. The van der Waals surface area contributed by atoms with Crippen LogP contribution in [0.25, 0.3) is 11.0 Å². The van der Waals surface area contributed by atoms with Gasteiger partial charge in [-0.1, -0.05) is 47.5 Å². The Morgan fingerprint density at radius 2 is 1.90 bits per heavy atom. The zero-order valence-corrected chi connectivity index (χ0v) is 18.6. The van der Waals surface area contributed by atoms with Gasteiger partial charge < -0.3 is 20.1 Å². The number of likely N-dealkylation sites (N-methyl/N-ethyl adjacent to an activating group) is 1. The third-order valence-electron chi connectivity index (χ3n) is 5.82. The second-order valence-corrected chi connectivity index (χ2v) is 8.53. The van der Waals surface area contributed by atoms with Crippen LogP contribution in [-0.2, 0) is 7.05 Å². The van der Waals surface area contributed by atoms with Gasteiger partial charge in [0.2, 0.25) is 5.95 Å². The van der Waals surface area contributed by atoms with E-state index in [1.807, 2.05) is 30.8 Å². The van der Waals surface area contributed by atoms with Crippen molar-refractivity contribution >= 4 is 57.5 Å². The third kappa shape index (κ3) is 3.27. The maximum atomic E-state index is 13.2. The van der Waals surface area contributed by atoms with Crippen LogP contribution < -0.4 is 15.5 Å². The molecule has 1 aliphatic heterocycles. The molecule has 0 fully saturated rings. The number of carbonyl (C=O) groups is 1. The highest BCUT2D eigenvalue weighted by atomic mass is 35.5. The maximum absolute atomic E-state index is 13.2. The molecule has 1 aliphatic carbocycles. The number of fused-ring (bicyclic) bond motifs is 3. The van der Waals surface area contributed by atoms with Gasteiger partial charge in [-0.2, -0.15) is 0 Å². The number of benzene rings is 2. The van der Waals surface area contributed by atoms with Crippen LogP contribution >= 0.6 is 23.2 Å². The molecule has 2 aromatic carbocycles. The van der Waals surface area contributed by atoms with Crippen molar-refractivity contribution in [1.82, 2.24) is 14.9 Å². The Bertz CT molecular complexity index is 1260. The van der Waals surface area contributed by atoms with Crippen molar-refractivity contribution in [2.24, 2.45) is 7.05 Å². The van der Waals surface area contributed by atoms with Gasteiger partial charge in [-0.15, -0.1) is 0 Å². The van der Waals surface area contributed by atoms with Gasteiger partial charge in [-0.05, 0) is 42.7 Å². The monoisotopic (exact) mass is 453 g/mol. The summed E-state index contributed by atoms with van der Waals surface area (Å²) in [5.41, 5.74) is 4.62. The first kappa shape index (κ1) is 20.0. The minimum absolute atomic E-state index is 0.117. The molecule has 31 heavy (non-hydrogen) atoms. The van der Waals surface area contributed by atoms with E-state index < -0.39 is 0 Å². The van der Waals surface area contributed by atoms with E-state index in [0.29, 0.717) is 32.8 Å². The molecule has 0 saturated heterocycles. The molecule has 1 atom stereocenters. The summed E-state index contributed by atoms with van der Waals surface area (Å²) in [6.45, 7) is 0. The second-order valence-electron chi connectivity index (χ2n) is 7.71. The lowest BCUT2D eigenvalue weighted by atomic mass is 9.99. The Morgan fingerprint density at radius 1 is 1.13 bits per heavy atom. The summed E-state index contributed by atoms with van der Waals surface area (Å²) in [5.74, 6) is 0.433. The molecule has 2 heterocycles. The zero-order valence-electron chi connectivity index (χ0n) is 17.1. The van der Waals surface area contributed by atoms with Crippen molar-refractivity contribution in [2.75, 3.05) is 17.3 Å². The molecule has 3 aromatic rings. The van der Waals surface area contributed by atoms with Gasteiger partial charge in [0.25, 0.3) is 5.91 Å². The van der Waals surface area contributed by atoms with Crippen molar-refractivity contribution in [3.63, 3.8) is 0 Å². The molecule has 5 rings (SSSR count). The fraction of sp³-hybridized carbons (Fsp3) is 0.217. The highest BCUT2D eigenvalue weighted by Gasteiger charge is 2.33. The quantitative estimate of drug-likeness (QED) is 0.556. The lowest BCUT2D eigenvalue weighted by molar-refractivity contribution is 0.0937. The Labute approximate surface area is 190 Å². The van der Waals surface area contributed by atoms with E-state index in [-0.39, 0.29) is 12.1 Å². The summed E-state index contributed by atoms with van der Waals surface area (Å²) in [6, 6.07) is 9.20. The van der Waals surface area contributed by atoms with Gasteiger partial charge in [0.1, 0.15) is 6.17 Å². The number of hydrogen-bond acceptors (Lipinski definition) is 4. The van der Waals surface area contributed by atoms with E-state index in [2.05, 4.69) is 38.7 Å². The number of amides is 1. The summed E-state index contributed by atoms with van der Waals surface area (Å²) in [7, 11) is 3.87. The fourth-order valence-electron chi connectivity index (χ4n) is 4.23. The van der Waals surface area contributed by atoms with E-state index in [0.717, 1.165) is 29.6 Å². The number of halogens is 2. The summed E-state index contributed by atoms with van der Waals surface area (Å²) in [4.78, 5) is 20.0. The molecule has 1 unspecified atom stereocenters. The van der Waals surface area contributed by atoms with Crippen molar-refractivity contribution in [2.45, 2.75) is 19.0 Å². The average molecular weight is 454 g/mol. The summed E-state index contributed by atoms with van der Waals surface area (Å²) in [6.07, 6.45) is 8.25. The number of nitrogens with one attached hydrogen (secondary N) is 2. The molecule has 6 nitrogen and oxygen atoms in total. The van der Waals surface area contributed by atoms with Crippen molar-refractivity contribution in [3.05, 3.63) is 69.7 Å². The first-order valence-corrected chi connectivity index (χ1v) is 10.8. The Morgan fingerprint density at radius 3 is 2.61 bits per heavy atom. The van der Waals surface area contributed by atoms with E-state index in [1.54, 1.807) is 18.2 Å². The summed E-state index contributed by atoms with van der Waals surface area (Å²) >= 11 is 12.6. The standard InChI is InChI=1S/C23H21Cl2N5O/c1-29-17-12-11-16-20(18(17)22(31)28-21(29)13-7-4-3-5-8-13)30(2)23(26-16)27-19-14(24)9-6-10-15(19)25/h4,6-12,21H,3,5H2,1-2H3,(H,26,27)(H,28,31). The molecule has 8 heteroatoms. The van der Waals surface area contributed by atoms with Crippen molar-refractivity contribution in [1.29, 1.82) is 0 Å². The van der Waals surface area contributed by atoms with E-state index in [4.69, 9.17) is 23.2 Å². The van der Waals surface area contributed by atoms with Crippen LogP contribution in [0.4, 0.5) is 17.3 Å². The van der Waals surface area contributed by atoms with Crippen molar-refractivity contribution < 1.29 is 4.79 Å². The molecule has 0 radical (unpaired) electrons. The predicted octanol–water partition coefficient (Wildman–Crippen LogP) is 5.41. The number of para-hydroxylation sites is 1. The molecule has 1 aromatic heterocycles. The minimum Gasteiger partial charge on any atom is -0.350 e. The van der Waals surface area contributed by atoms with Gasteiger partial charge in [-0.25, -0.2) is 4.98 Å². The lowest BCUT2D eigenvalue weighted by Crippen LogP contribution is -2.52. The van der Waals surface area contributed by atoms with Gasteiger partial charge in [0, 0.05) is 14.1 Å². The molecule has 158 valence electrons.